The van der Waals surface area contributed by atoms with E-state index in [0.29, 0.717) is 17.5 Å². The van der Waals surface area contributed by atoms with Crippen molar-refractivity contribution in [3.05, 3.63) is 192 Å². The fraction of sp³-hybridized carbons (Fsp3) is 0.0217. The number of aromatic nitrogens is 4. The quantitative estimate of drug-likeness (QED) is 0.194. The molecule has 9 aromatic rings. The molecule has 0 atom stereocenters. The molecule has 2 aliphatic rings. The molecule has 0 saturated carbocycles. The lowest BCUT2D eigenvalue weighted by Gasteiger charge is -2.39. The number of hydrogen-bond acceptors (Lipinski definition) is 3. The molecule has 3 heterocycles. The molecule has 0 fully saturated rings. The molecule has 0 bridgehead atoms. The van der Waals surface area contributed by atoms with Crippen LogP contribution in [0.2, 0.25) is 0 Å². The SMILES string of the molecule is c1ccc(-c2nc(-c3ccccc3)nc(-c3ccc4c(c3)c3cccc5c3n4-c3ccccc3C53c4ccccc4-c4ccccc43)n2)cc1. The summed E-state index contributed by atoms with van der Waals surface area (Å²) in [6.45, 7) is 0. The molecular weight excluding hydrogens is 609 g/mol. The molecule has 1 aliphatic heterocycles. The third kappa shape index (κ3) is 3.57. The Balaban J connectivity index is 1.20. The minimum absolute atomic E-state index is 0.431. The van der Waals surface area contributed by atoms with Crippen molar-refractivity contribution in [3.8, 4) is 51.0 Å². The summed E-state index contributed by atoms with van der Waals surface area (Å²) in [4.78, 5) is 15.0. The lowest BCUT2D eigenvalue weighted by molar-refractivity contribution is 0.748. The van der Waals surface area contributed by atoms with Crippen LogP contribution in [0.15, 0.2) is 170 Å². The first-order valence-electron chi connectivity index (χ1n) is 17.0. The minimum atomic E-state index is -0.431. The van der Waals surface area contributed by atoms with Crippen LogP contribution in [0.5, 0.6) is 0 Å². The fourth-order valence-electron chi connectivity index (χ4n) is 8.64. The molecule has 0 unspecified atom stereocenters. The summed E-state index contributed by atoms with van der Waals surface area (Å²) in [5, 5.41) is 2.39. The Hall–Kier alpha value is -6.65. The number of rotatable bonds is 3. The van der Waals surface area contributed by atoms with Crippen molar-refractivity contribution in [2.24, 2.45) is 0 Å². The summed E-state index contributed by atoms with van der Waals surface area (Å²) >= 11 is 0. The van der Waals surface area contributed by atoms with E-state index in [-0.39, 0.29) is 0 Å². The van der Waals surface area contributed by atoms with Crippen molar-refractivity contribution < 1.29 is 0 Å². The lowest BCUT2D eigenvalue weighted by Crippen LogP contribution is -2.33. The van der Waals surface area contributed by atoms with Gasteiger partial charge in [0.05, 0.1) is 22.1 Å². The third-order valence-electron chi connectivity index (χ3n) is 10.7. The largest absolute Gasteiger partial charge is 0.309 e. The van der Waals surface area contributed by atoms with E-state index in [0.717, 1.165) is 16.7 Å². The number of para-hydroxylation sites is 2. The van der Waals surface area contributed by atoms with E-state index in [4.69, 9.17) is 15.0 Å². The van der Waals surface area contributed by atoms with Crippen LogP contribution in [-0.2, 0) is 5.41 Å². The molecule has 2 aromatic heterocycles. The molecule has 7 aromatic carbocycles. The van der Waals surface area contributed by atoms with Crippen molar-refractivity contribution in [2.45, 2.75) is 5.41 Å². The van der Waals surface area contributed by atoms with Crippen LogP contribution in [0, 0.1) is 0 Å². The molecule has 50 heavy (non-hydrogen) atoms. The zero-order valence-electron chi connectivity index (χ0n) is 27.0. The molecule has 232 valence electrons. The van der Waals surface area contributed by atoms with Crippen LogP contribution in [0.3, 0.4) is 0 Å². The molecule has 0 N–H and O–H groups in total. The second kappa shape index (κ2) is 10.2. The molecule has 1 spiro atoms. The second-order valence-corrected chi connectivity index (χ2v) is 13.2. The molecular formula is C46H28N4. The van der Waals surface area contributed by atoms with Crippen LogP contribution in [0.25, 0.3) is 72.8 Å². The van der Waals surface area contributed by atoms with Crippen LogP contribution < -0.4 is 0 Å². The van der Waals surface area contributed by atoms with Crippen molar-refractivity contribution in [1.29, 1.82) is 0 Å². The van der Waals surface area contributed by atoms with Gasteiger partial charge < -0.3 is 4.57 Å². The normalized spacial score (nSPS) is 13.4. The van der Waals surface area contributed by atoms with E-state index < -0.39 is 5.41 Å². The van der Waals surface area contributed by atoms with Crippen molar-refractivity contribution in [1.82, 2.24) is 19.5 Å². The summed E-state index contributed by atoms with van der Waals surface area (Å²) < 4.78 is 2.48. The average Bonchev–Trinajstić information content (AvgIpc) is 3.69. The van der Waals surface area contributed by atoms with Crippen LogP contribution in [0.4, 0.5) is 0 Å². The van der Waals surface area contributed by atoms with Gasteiger partial charge in [-0.1, -0.05) is 146 Å². The van der Waals surface area contributed by atoms with Gasteiger partial charge in [-0.25, -0.2) is 15.0 Å². The topological polar surface area (TPSA) is 43.6 Å². The van der Waals surface area contributed by atoms with E-state index in [2.05, 4.69) is 114 Å². The third-order valence-corrected chi connectivity index (χ3v) is 10.7. The highest BCUT2D eigenvalue weighted by Crippen LogP contribution is 2.60. The van der Waals surface area contributed by atoms with Gasteiger partial charge in [0.25, 0.3) is 0 Å². The summed E-state index contributed by atoms with van der Waals surface area (Å²) in [6, 6.07) is 60.7. The molecule has 0 saturated heterocycles. The van der Waals surface area contributed by atoms with E-state index in [9.17, 15) is 0 Å². The number of nitrogens with zero attached hydrogens (tertiary/aromatic N) is 4. The van der Waals surface area contributed by atoms with Gasteiger partial charge in [0.1, 0.15) is 0 Å². The lowest BCUT2D eigenvalue weighted by atomic mass is 9.65. The summed E-state index contributed by atoms with van der Waals surface area (Å²) in [6.07, 6.45) is 0. The second-order valence-electron chi connectivity index (χ2n) is 13.2. The Labute approximate surface area is 289 Å². The Morgan fingerprint density at radius 2 is 0.900 bits per heavy atom. The Morgan fingerprint density at radius 3 is 1.54 bits per heavy atom. The van der Waals surface area contributed by atoms with E-state index >= 15 is 0 Å². The summed E-state index contributed by atoms with van der Waals surface area (Å²) in [5.41, 5.74) is 14.0. The van der Waals surface area contributed by atoms with Crippen molar-refractivity contribution in [2.75, 3.05) is 0 Å². The minimum Gasteiger partial charge on any atom is -0.309 e. The van der Waals surface area contributed by atoms with Gasteiger partial charge in [0.2, 0.25) is 0 Å². The number of benzene rings is 7. The standard InChI is InChI=1S/C46H28N4/c1-3-14-29(15-4-1)43-47-44(30-16-5-2-6-17-30)49-45(48-43)31-26-27-40-35(28-31)34-20-13-24-39-42(34)50(40)41-25-12-11-23-38(41)46(39)36-21-9-7-18-32(36)33-19-8-10-22-37(33)46/h1-28H. The fourth-order valence-corrected chi connectivity index (χ4v) is 8.64. The Morgan fingerprint density at radius 1 is 0.380 bits per heavy atom. The zero-order chi connectivity index (χ0) is 32.8. The van der Waals surface area contributed by atoms with Crippen LogP contribution in [0.1, 0.15) is 22.3 Å². The van der Waals surface area contributed by atoms with Gasteiger partial charge in [0.15, 0.2) is 17.5 Å². The first-order valence-corrected chi connectivity index (χ1v) is 17.0. The maximum absolute atomic E-state index is 5.06. The van der Waals surface area contributed by atoms with Gasteiger partial charge in [-0.2, -0.15) is 0 Å². The number of hydrogen-bond donors (Lipinski definition) is 0. The maximum atomic E-state index is 5.06. The molecule has 11 rings (SSSR count). The monoisotopic (exact) mass is 636 g/mol. The van der Waals surface area contributed by atoms with Crippen LogP contribution in [-0.4, -0.2) is 19.5 Å². The summed E-state index contributed by atoms with van der Waals surface area (Å²) in [7, 11) is 0. The average molecular weight is 637 g/mol. The number of fused-ring (bicyclic) bond motifs is 12. The van der Waals surface area contributed by atoms with E-state index in [1.54, 1.807) is 0 Å². The van der Waals surface area contributed by atoms with Gasteiger partial charge in [-0.15, -0.1) is 0 Å². The predicted molar refractivity (Wildman–Crippen MR) is 201 cm³/mol. The van der Waals surface area contributed by atoms with Gasteiger partial charge in [-0.05, 0) is 57.6 Å². The Kier molecular flexibility index (Phi) is 5.56. The molecule has 1 aliphatic carbocycles. The molecule has 0 amide bonds. The Bertz CT molecular complexity index is 2710. The van der Waals surface area contributed by atoms with Gasteiger partial charge in [0, 0.05) is 27.5 Å². The first kappa shape index (κ1) is 27.3. The van der Waals surface area contributed by atoms with E-state index in [1.165, 1.54) is 60.9 Å². The summed E-state index contributed by atoms with van der Waals surface area (Å²) in [5.74, 6) is 1.97. The van der Waals surface area contributed by atoms with Crippen molar-refractivity contribution in [3.63, 3.8) is 0 Å². The molecule has 4 nitrogen and oxygen atoms in total. The molecule has 4 heteroatoms. The van der Waals surface area contributed by atoms with Gasteiger partial charge >= 0.3 is 0 Å². The predicted octanol–water partition coefficient (Wildman–Crippen LogP) is 10.6. The highest BCUT2D eigenvalue weighted by atomic mass is 15.0. The first-order chi connectivity index (χ1) is 24.8. The van der Waals surface area contributed by atoms with E-state index in [1.807, 2.05) is 60.7 Å². The molecule has 0 radical (unpaired) electrons. The van der Waals surface area contributed by atoms with Gasteiger partial charge in [-0.3, -0.25) is 0 Å². The van der Waals surface area contributed by atoms with Crippen molar-refractivity contribution >= 4 is 21.8 Å². The highest BCUT2D eigenvalue weighted by Gasteiger charge is 2.50. The van der Waals surface area contributed by atoms with Crippen LogP contribution >= 0.6 is 0 Å². The smallest absolute Gasteiger partial charge is 0.164 e. The maximum Gasteiger partial charge on any atom is 0.164 e. The zero-order valence-corrected chi connectivity index (χ0v) is 27.0. The highest BCUT2D eigenvalue weighted by molar-refractivity contribution is 6.13.